The van der Waals surface area contributed by atoms with Crippen molar-refractivity contribution in [2.75, 3.05) is 0 Å². The summed E-state index contributed by atoms with van der Waals surface area (Å²) in [6, 6.07) is 2.11. The van der Waals surface area contributed by atoms with Crippen LogP contribution >= 0.6 is 0 Å². The Balaban J connectivity index is 2.27. The van der Waals surface area contributed by atoms with Crippen LogP contribution in [0.2, 0.25) is 0 Å². The van der Waals surface area contributed by atoms with Gasteiger partial charge in [0.05, 0.1) is 6.04 Å². The van der Waals surface area contributed by atoms with Crippen molar-refractivity contribution in [3.05, 3.63) is 23.3 Å². The molecule has 1 aliphatic rings. The molecule has 2 N–H and O–H groups in total. The minimum atomic E-state index is -0.0138. The molecule has 0 aromatic carbocycles. The Hall–Kier alpha value is -0.960. The molecule has 1 heterocycles. The summed E-state index contributed by atoms with van der Waals surface area (Å²) in [5, 5.41) is 0. The molecule has 0 saturated heterocycles. The third-order valence-corrected chi connectivity index (χ3v) is 3.44. The minimum absolute atomic E-state index is 0.0138. The summed E-state index contributed by atoms with van der Waals surface area (Å²) in [4.78, 5) is 9.09. The maximum atomic E-state index is 6.01. The van der Waals surface area contributed by atoms with Crippen molar-refractivity contribution in [2.24, 2.45) is 5.73 Å². The van der Waals surface area contributed by atoms with Crippen LogP contribution in [0.4, 0.5) is 0 Å². The van der Waals surface area contributed by atoms with Crippen LogP contribution in [-0.4, -0.2) is 9.97 Å². The minimum Gasteiger partial charge on any atom is -0.321 e. The quantitative estimate of drug-likeness (QED) is 0.850. The first-order valence-electron chi connectivity index (χ1n) is 6.31. The van der Waals surface area contributed by atoms with E-state index in [1.165, 1.54) is 31.4 Å². The lowest BCUT2D eigenvalue weighted by Crippen LogP contribution is -2.15. The maximum Gasteiger partial charge on any atom is 0.145 e. The van der Waals surface area contributed by atoms with Crippen LogP contribution in [-0.2, 0) is 0 Å². The van der Waals surface area contributed by atoms with Gasteiger partial charge in [-0.1, -0.05) is 19.8 Å². The number of nitrogens with two attached hydrogens (primary N) is 1. The van der Waals surface area contributed by atoms with Crippen molar-refractivity contribution in [1.29, 1.82) is 0 Å². The van der Waals surface area contributed by atoms with Crippen LogP contribution in [0.3, 0.4) is 0 Å². The van der Waals surface area contributed by atoms with Crippen LogP contribution < -0.4 is 5.73 Å². The summed E-state index contributed by atoms with van der Waals surface area (Å²) in [5.41, 5.74) is 8.27. The highest BCUT2D eigenvalue weighted by molar-refractivity contribution is 5.16. The van der Waals surface area contributed by atoms with Gasteiger partial charge in [-0.2, -0.15) is 0 Å². The Morgan fingerprint density at radius 2 is 2.06 bits per heavy atom. The molecular weight excluding hydrogens is 198 g/mol. The largest absolute Gasteiger partial charge is 0.321 e. The second-order valence-electron chi connectivity index (χ2n) is 4.79. The van der Waals surface area contributed by atoms with E-state index >= 15 is 0 Å². The number of aromatic nitrogens is 2. The summed E-state index contributed by atoms with van der Waals surface area (Å²) in [5.74, 6) is 1.47. The van der Waals surface area contributed by atoms with Crippen LogP contribution in [0.15, 0.2) is 6.07 Å². The van der Waals surface area contributed by atoms with E-state index in [1.807, 2.05) is 6.92 Å². The summed E-state index contributed by atoms with van der Waals surface area (Å²) in [6.07, 6.45) is 6.12. The van der Waals surface area contributed by atoms with Gasteiger partial charge in [0.1, 0.15) is 5.82 Å². The first kappa shape index (κ1) is 11.5. The van der Waals surface area contributed by atoms with E-state index < -0.39 is 0 Å². The molecule has 16 heavy (non-hydrogen) atoms. The highest BCUT2D eigenvalue weighted by Crippen LogP contribution is 2.33. The van der Waals surface area contributed by atoms with Crippen LogP contribution in [0.1, 0.15) is 68.2 Å². The SMILES string of the molecule is CCC(N)c1nc(C)cc(C2CCCC2)n1. The van der Waals surface area contributed by atoms with Gasteiger partial charge in [0.2, 0.25) is 0 Å². The number of nitrogens with zero attached hydrogens (tertiary/aromatic N) is 2. The molecule has 1 unspecified atom stereocenters. The molecule has 3 nitrogen and oxygen atoms in total. The van der Waals surface area contributed by atoms with Crippen molar-refractivity contribution in [3.8, 4) is 0 Å². The highest BCUT2D eigenvalue weighted by Gasteiger charge is 2.20. The third kappa shape index (κ3) is 2.40. The van der Waals surface area contributed by atoms with Gasteiger partial charge >= 0.3 is 0 Å². The molecular formula is C13H21N3. The van der Waals surface area contributed by atoms with E-state index in [4.69, 9.17) is 5.73 Å². The Bertz CT molecular complexity index is 356. The van der Waals surface area contributed by atoms with Gasteiger partial charge in [0.15, 0.2) is 0 Å². The van der Waals surface area contributed by atoms with E-state index in [2.05, 4.69) is 23.0 Å². The standard InChI is InChI=1S/C13H21N3/c1-3-11(14)13-15-9(2)8-12(16-13)10-6-4-5-7-10/h8,10-11H,3-7,14H2,1-2H3. The molecule has 1 saturated carbocycles. The fourth-order valence-corrected chi connectivity index (χ4v) is 2.40. The molecule has 0 spiro atoms. The normalized spacial score (nSPS) is 18.9. The maximum absolute atomic E-state index is 6.01. The van der Waals surface area contributed by atoms with Gasteiger partial charge < -0.3 is 5.73 Å². The Kier molecular flexibility index (Phi) is 3.54. The van der Waals surface area contributed by atoms with Gasteiger partial charge in [-0.3, -0.25) is 0 Å². The van der Waals surface area contributed by atoms with Crippen LogP contribution in [0.25, 0.3) is 0 Å². The Morgan fingerprint density at radius 3 is 2.69 bits per heavy atom. The fraction of sp³-hybridized carbons (Fsp3) is 0.692. The summed E-state index contributed by atoms with van der Waals surface area (Å²) in [7, 11) is 0. The van der Waals surface area contributed by atoms with E-state index in [1.54, 1.807) is 0 Å². The highest BCUT2D eigenvalue weighted by atomic mass is 14.9. The molecule has 3 heteroatoms. The number of hydrogen-bond donors (Lipinski definition) is 1. The fourth-order valence-electron chi connectivity index (χ4n) is 2.40. The molecule has 0 bridgehead atoms. The summed E-state index contributed by atoms with van der Waals surface area (Å²) < 4.78 is 0. The first-order chi connectivity index (χ1) is 7.70. The molecule has 0 aliphatic heterocycles. The molecule has 0 radical (unpaired) electrons. The van der Waals surface area contributed by atoms with Crippen molar-refractivity contribution in [2.45, 2.75) is 57.9 Å². The molecule has 1 aliphatic carbocycles. The number of hydrogen-bond acceptors (Lipinski definition) is 3. The van der Waals surface area contributed by atoms with Crippen molar-refractivity contribution in [1.82, 2.24) is 9.97 Å². The van der Waals surface area contributed by atoms with E-state index in [0.717, 1.165) is 17.9 Å². The molecule has 1 fully saturated rings. The van der Waals surface area contributed by atoms with Gasteiger partial charge in [-0.05, 0) is 32.3 Å². The van der Waals surface area contributed by atoms with E-state index in [0.29, 0.717) is 5.92 Å². The van der Waals surface area contributed by atoms with Gasteiger partial charge in [0.25, 0.3) is 0 Å². The molecule has 88 valence electrons. The lowest BCUT2D eigenvalue weighted by atomic mass is 10.0. The second kappa shape index (κ2) is 4.91. The van der Waals surface area contributed by atoms with E-state index in [9.17, 15) is 0 Å². The Morgan fingerprint density at radius 1 is 1.38 bits per heavy atom. The average Bonchev–Trinajstić information content (AvgIpc) is 2.80. The van der Waals surface area contributed by atoms with Crippen LogP contribution in [0, 0.1) is 6.92 Å². The summed E-state index contributed by atoms with van der Waals surface area (Å²) in [6.45, 7) is 4.11. The predicted octanol–water partition coefficient (Wildman–Crippen LogP) is 2.85. The second-order valence-corrected chi connectivity index (χ2v) is 4.79. The Labute approximate surface area is 97.5 Å². The zero-order valence-electron chi connectivity index (χ0n) is 10.2. The molecule has 0 amide bonds. The first-order valence-corrected chi connectivity index (χ1v) is 6.31. The predicted molar refractivity (Wildman–Crippen MR) is 65.2 cm³/mol. The molecule has 1 atom stereocenters. The van der Waals surface area contributed by atoms with Gasteiger partial charge in [-0.15, -0.1) is 0 Å². The molecule has 1 aromatic heterocycles. The lowest BCUT2D eigenvalue weighted by molar-refractivity contribution is 0.618. The lowest BCUT2D eigenvalue weighted by Gasteiger charge is -2.13. The summed E-state index contributed by atoms with van der Waals surface area (Å²) >= 11 is 0. The average molecular weight is 219 g/mol. The zero-order valence-corrected chi connectivity index (χ0v) is 10.2. The zero-order chi connectivity index (χ0) is 11.5. The topological polar surface area (TPSA) is 51.8 Å². The molecule has 1 aromatic rings. The molecule has 2 rings (SSSR count). The van der Waals surface area contributed by atoms with Crippen molar-refractivity contribution < 1.29 is 0 Å². The number of rotatable bonds is 3. The smallest absolute Gasteiger partial charge is 0.145 e. The van der Waals surface area contributed by atoms with Gasteiger partial charge in [-0.25, -0.2) is 9.97 Å². The van der Waals surface area contributed by atoms with Crippen molar-refractivity contribution in [3.63, 3.8) is 0 Å². The number of aryl methyl sites for hydroxylation is 1. The van der Waals surface area contributed by atoms with E-state index in [-0.39, 0.29) is 6.04 Å². The monoisotopic (exact) mass is 219 g/mol. The van der Waals surface area contributed by atoms with Crippen molar-refractivity contribution >= 4 is 0 Å². The van der Waals surface area contributed by atoms with Gasteiger partial charge in [0, 0.05) is 17.3 Å². The van der Waals surface area contributed by atoms with Crippen LogP contribution in [0.5, 0.6) is 0 Å². The third-order valence-electron chi connectivity index (χ3n) is 3.44.